The van der Waals surface area contributed by atoms with E-state index < -0.39 is 6.09 Å². The Morgan fingerprint density at radius 2 is 1.92 bits per heavy atom. The molecule has 0 radical (unpaired) electrons. The minimum absolute atomic E-state index is 0.124. The number of nitrogens with one attached hydrogen (secondary N) is 1. The molecule has 0 fully saturated rings. The largest absolute Gasteiger partial charge is 0.497 e. The molecule has 0 aromatic heterocycles. The number of rotatable bonds is 4. The number of hydrogen-bond acceptors (Lipinski definition) is 3. The number of aryl methyl sites for hydroxylation is 1. The number of methoxy groups -OCH3 is 2. The fourth-order valence-electron chi connectivity index (χ4n) is 3.73. The van der Waals surface area contributed by atoms with Crippen LogP contribution in [0.5, 0.6) is 11.5 Å². The molecule has 2 aromatic rings. The van der Waals surface area contributed by atoms with Crippen molar-refractivity contribution in [2.45, 2.75) is 32.7 Å². The van der Waals surface area contributed by atoms with E-state index in [2.05, 4.69) is 25.2 Å². The maximum absolute atomic E-state index is 11.3. The molecule has 0 aliphatic heterocycles. The molecule has 0 spiro atoms. The van der Waals surface area contributed by atoms with Crippen LogP contribution in [0.4, 0.5) is 4.79 Å². The fraction of sp³-hybridized carbons (Fsp3) is 0.381. The molecule has 1 atom stereocenters. The molecule has 0 saturated carbocycles. The van der Waals surface area contributed by atoms with E-state index >= 15 is 0 Å². The zero-order valence-electron chi connectivity index (χ0n) is 15.6. The van der Waals surface area contributed by atoms with Crippen LogP contribution in [-0.2, 0) is 6.42 Å². The normalized spacial score (nSPS) is 17.9. The molecule has 1 amide bonds. The summed E-state index contributed by atoms with van der Waals surface area (Å²) < 4.78 is 10.9. The Kier molecular flexibility index (Phi) is 4.81. The summed E-state index contributed by atoms with van der Waals surface area (Å²) in [6.07, 6.45) is 0.846. The average Bonchev–Trinajstić information content (AvgIpc) is 2.63. The van der Waals surface area contributed by atoms with Gasteiger partial charge in [-0.2, -0.15) is 0 Å². The number of ether oxygens (including phenoxy) is 2. The van der Waals surface area contributed by atoms with Crippen LogP contribution in [0.15, 0.2) is 36.4 Å². The van der Waals surface area contributed by atoms with Crippen molar-refractivity contribution < 1.29 is 19.4 Å². The molecule has 3 rings (SSSR count). The summed E-state index contributed by atoms with van der Waals surface area (Å²) >= 11 is 0. The van der Waals surface area contributed by atoms with Crippen LogP contribution >= 0.6 is 0 Å². The molecule has 1 aliphatic rings. The van der Waals surface area contributed by atoms with E-state index in [1.165, 1.54) is 5.56 Å². The Morgan fingerprint density at radius 3 is 2.58 bits per heavy atom. The highest BCUT2D eigenvalue weighted by Gasteiger charge is 2.37. The fourth-order valence-corrected chi connectivity index (χ4v) is 3.73. The third-order valence-electron chi connectivity index (χ3n) is 5.26. The maximum atomic E-state index is 11.3. The summed E-state index contributed by atoms with van der Waals surface area (Å²) in [4.78, 5) is 11.3. The third kappa shape index (κ3) is 3.34. The predicted octanol–water partition coefficient (Wildman–Crippen LogP) is 4.65. The highest BCUT2D eigenvalue weighted by atomic mass is 16.5. The standard InChI is InChI=1S/C21H25NO4/c1-21(2)10-9-14-11-13(5-7-16(14)19(21)22-20(23)24)17-12-15(25-3)6-8-18(17)26-4/h5-8,11-12,19,22H,9-10H2,1-4H3,(H,23,24)/t19-/m1/s1. The molecule has 2 aromatic carbocycles. The topological polar surface area (TPSA) is 67.8 Å². The zero-order valence-corrected chi connectivity index (χ0v) is 15.6. The lowest BCUT2D eigenvalue weighted by Crippen LogP contribution is -2.40. The van der Waals surface area contributed by atoms with Gasteiger partial charge >= 0.3 is 6.09 Å². The van der Waals surface area contributed by atoms with Gasteiger partial charge in [0.1, 0.15) is 11.5 Å². The number of hydrogen-bond donors (Lipinski definition) is 2. The minimum Gasteiger partial charge on any atom is -0.497 e. The molecular weight excluding hydrogens is 330 g/mol. The van der Waals surface area contributed by atoms with Gasteiger partial charge in [-0.1, -0.05) is 32.0 Å². The van der Waals surface area contributed by atoms with E-state index in [0.29, 0.717) is 0 Å². The molecule has 0 bridgehead atoms. The first-order valence-electron chi connectivity index (χ1n) is 8.70. The number of fused-ring (bicyclic) bond motifs is 1. The van der Waals surface area contributed by atoms with Gasteiger partial charge in [-0.3, -0.25) is 0 Å². The van der Waals surface area contributed by atoms with Crippen LogP contribution in [-0.4, -0.2) is 25.4 Å². The second kappa shape index (κ2) is 6.90. The molecule has 138 valence electrons. The van der Waals surface area contributed by atoms with Crippen molar-refractivity contribution in [3.8, 4) is 22.6 Å². The van der Waals surface area contributed by atoms with Gasteiger partial charge in [-0.15, -0.1) is 0 Å². The monoisotopic (exact) mass is 355 g/mol. The third-order valence-corrected chi connectivity index (χ3v) is 5.26. The van der Waals surface area contributed by atoms with Crippen molar-refractivity contribution in [3.63, 3.8) is 0 Å². The van der Waals surface area contributed by atoms with E-state index in [4.69, 9.17) is 9.47 Å². The van der Waals surface area contributed by atoms with Crippen LogP contribution in [0, 0.1) is 5.41 Å². The summed E-state index contributed by atoms with van der Waals surface area (Å²) in [5.74, 6) is 1.55. The van der Waals surface area contributed by atoms with Crippen LogP contribution in [0.2, 0.25) is 0 Å². The van der Waals surface area contributed by atoms with Crippen molar-refractivity contribution in [3.05, 3.63) is 47.5 Å². The van der Waals surface area contributed by atoms with E-state index in [-0.39, 0.29) is 11.5 Å². The Morgan fingerprint density at radius 1 is 1.15 bits per heavy atom. The highest BCUT2D eigenvalue weighted by Crippen LogP contribution is 2.45. The molecule has 5 heteroatoms. The van der Waals surface area contributed by atoms with Gasteiger partial charge in [0, 0.05) is 5.56 Å². The van der Waals surface area contributed by atoms with E-state index in [0.717, 1.165) is 41.0 Å². The number of carboxylic acid groups (broad SMARTS) is 1. The summed E-state index contributed by atoms with van der Waals surface area (Å²) in [6, 6.07) is 11.7. The van der Waals surface area contributed by atoms with Gasteiger partial charge in [0.05, 0.1) is 20.3 Å². The predicted molar refractivity (Wildman–Crippen MR) is 101 cm³/mol. The van der Waals surface area contributed by atoms with Gasteiger partial charge in [0.25, 0.3) is 0 Å². The number of carbonyl (C=O) groups is 1. The molecule has 26 heavy (non-hydrogen) atoms. The van der Waals surface area contributed by atoms with Gasteiger partial charge in [0.15, 0.2) is 0 Å². The Labute approximate surface area is 153 Å². The van der Waals surface area contributed by atoms with Crippen LogP contribution in [0.25, 0.3) is 11.1 Å². The molecule has 0 saturated heterocycles. The molecule has 1 aliphatic carbocycles. The molecule has 2 N–H and O–H groups in total. The lowest BCUT2D eigenvalue weighted by atomic mass is 9.70. The first-order chi connectivity index (χ1) is 12.4. The van der Waals surface area contributed by atoms with Crippen LogP contribution in [0.1, 0.15) is 37.4 Å². The summed E-state index contributed by atoms with van der Waals surface area (Å²) in [7, 11) is 3.29. The van der Waals surface area contributed by atoms with Gasteiger partial charge < -0.3 is 19.9 Å². The van der Waals surface area contributed by atoms with Crippen molar-refractivity contribution in [1.29, 1.82) is 0 Å². The van der Waals surface area contributed by atoms with Crippen molar-refractivity contribution in [2.24, 2.45) is 5.41 Å². The van der Waals surface area contributed by atoms with Crippen molar-refractivity contribution >= 4 is 6.09 Å². The second-order valence-electron chi connectivity index (χ2n) is 7.35. The lowest BCUT2D eigenvalue weighted by Gasteiger charge is -2.40. The number of benzene rings is 2. The summed E-state index contributed by atoms with van der Waals surface area (Å²) in [6.45, 7) is 4.21. The molecule has 0 heterocycles. The van der Waals surface area contributed by atoms with Gasteiger partial charge in [-0.25, -0.2) is 4.79 Å². The Balaban J connectivity index is 2.06. The van der Waals surface area contributed by atoms with E-state index in [9.17, 15) is 9.90 Å². The van der Waals surface area contributed by atoms with Crippen LogP contribution in [0.3, 0.4) is 0 Å². The lowest BCUT2D eigenvalue weighted by molar-refractivity contribution is 0.161. The number of amides is 1. The maximum Gasteiger partial charge on any atom is 0.405 e. The Hall–Kier alpha value is -2.69. The van der Waals surface area contributed by atoms with E-state index in [1.54, 1.807) is 14.2 Å². The van der Waals surface area contributed by atoms with Gasteiger partial charge in [-0.05, 0) is 53.1 Å². The van der Waals surface area contributed by atoms with Gasteiger partial charge in [0.2, 0.25) is 0 Å². The van der Waals surface area contributed by atoms with Crippen molar-refractivity contribution in [1.82, 2.24) is 5.32 Å². The summed E-state index contributed by atoms with van der Waals surface area (Å²) in [5, 5.41) is 11.9. The summed E-state index contributed by atoms with van der Waals surface area (Å²) in [5.41, 5.74) is 4.09. The smallest absolute Gasteiger partial charge is 0.405 e. The van der Waals surface area contributed by atoms with Crippen LogP contribution < -0.4 is 14.8 Å². The second-order valence-corrected chi connectivity index (χ2v) is 7.35. The SMILES string of the molecule is COc1ccc(OC)c(-c2ccc3c(c2)CCC(C)(C)[C@@H]3NC(=O)O)c1. The molecule has 0 unspecified atom stereocenters. The molecule has 5 nitrogen and oxygen atoms in total. The first-order valence-corrected chi connectivity index (χ1v) is 8.70. The first kappa shape index (κ1) is 18.1. The quantitative estimate of drug-likeness (QED) is 0.837. The highest BCUT2D eigenvalue weighted by molar-refractivity contribution is 5.73. The van der Waals surface area contributed by atoms with E-state index in [1.807, 2.05) is 30.3 Å². The molecular formula is C21H25NO4. The minimum atomic E-state index is -0.991. The van der Waals surface area contributed by atoms with Crippen molar-refractivity contribution in [2.75, 3.05) is 14.2 Å². The zero-order chi connectivity index (χ0) is 18.9. The Bertz CT molecular complexity index is 829. The average molecular weight is 355 g/mol.